The summed E-state index contributed by atoms with van der Waals surface area (Å²) in [7, 11) is 0. The molecule has 0 aliphatic carbocycles. The highest BCUT2D eigenvalue weighted by molar-refractivity contribution is 14.1. The van der Waals surface area contributed by atoms with Crippen LogP contribution in [0.3, 0.4) is 0 Å². The molecule has 88 valence electrons. The molecule has 2 aromatic carbocycles. The Morgan fingerprint density at radius 1 is 1.24 bits per heavy atom. The van der Waals surface area contributed by atoms with Crippen LogP contribution >= 0.6 is 22.6 Å². The van der Waals surface area contributed by atoms with E-state index in [1.54, 1.807) is 0 Å². The third kappa shape index (κ3) is 2.97. The second kappa shape index (κ2) is 5.49. The van der Waals surface area contributed by atoms with Crippen molar-refractivity contribution in [3.8, 4) is 5.75 Å². The number of fused-ring (bicyclic) bond motifs is 1. The second-order valence-electron chi connectivity index (χ2n) is 3.81. The molecule has 3 heteroatoms. The molecule has 0 fully saturated rings. The molecule has 0 amide bonds. The first-order valence-corrected chi connectivity index (χ1v) is 6.80. The molecule has 2 aromatic rings. The van der Waals surface area contributed by atoms with E-state index in [4.69, 9.17) is 4.74 Å². The Morgan fingerprint density at radius 2 is 1.94 bits per heavy atom. The lowest BCUT2D eigenvalue weighted by atomic mass is 10.1. The largest absolute Gasteiger partial charge is 0.426 e. The van der Waals surface area contributed by atoms with Gasteiger partial charge in [0.1, 0.15) is 9.67 Å². The van der Waals surface area contributed by atoms with Gasteiger partial charge in [0, 0.05) is 0 Å². The van der Waals surface area contributed by atoms with Crippen molar-refractivity contribution in [3.05, 3.63) is 42.5 Å². The molecule has 0 bridgehead atoms. The maximum Gasteiger partial charge on any atom is 0.324 e. The quantitative estimate of drug-likeness (QED) is 0.366. The maximum atomic E-state index is 11.6. The van der Waals surface area contributed by atoms with Gasteiger partial charge in [0.05, 0.1) is 0 Å². The van der Waals surface area contributed by atoms with Crippen molar-refractivity contribution in [3.63, 3.8) is 0 Å². The molecule has 2 nitrogen and oxygen atoms in total. The van der Waals surface area contributed by atoms with Gasteiger partial charge in [-0.25, -0.2) is 0 Å². The van der Waals surface area contributed by atoms with E-state index in [1.165, 1.54) is 0 Å². The molecule has 0 spiro atoms. The summed E-state index contributed by atoms with van der Waals surface area (Å²) in [6.07, 6.45) is 0.785. The highest BCUT2D eigenvalue weighted by Crippen LogP contribution is 2.21. The first-order chi connectivity index (χ1) is 8.20. The van der Waals surface area contributed by atoms with E-state index in [1.807, 2.05) is 49.4 Å². The molecule has 1 atom stereocenters. The summed E-state index contributed by atoms with van der Waals surface area (Å²) in [4.78, 5) is 11.6. The number of hydrogen-bond acceptors (Lipinski definition) is 2. The normalized spacial score (nSPS) is 12.4. The second-order valence-corrected chi connectivity index (χ2v) is 5.31. The van der Waals surface area contributed by atoms with Crippen LogP contribution in [-0.4, -0.2) is 9.89 Å². The van der Waals surface area contributed by atoms with Gasteiger partial charge in [-0.05, 0) is 29.3 Å². The molecule has 1 unspecified atom stereocenters. The van der Waals surface area contributed by atoms with Gasteiger partial charge in [-0.3, -0.25) is 4.79 Å². The lowest BCUT2D eigenvalue weighted by molar-refractivity contribution is -0.133. The maximum absolute atomic E-state index is 11.6. The number of alkyl halides is 1. The number of rotatable bonds is 3. The summed E-state index contributed by atoms with van der Waals surface area (Å²) in [6, 6.07) is 13.7. The molecule has 0 saturated carbocycles. The van der Waals surface area contributed by atoms with E-state index in [0.29, 0.717) is 5.75 Å². The van der Waals surface area contributed by atoms with E-state index in [9.17, 15) is 4.79 Å². The minimum Gasteiger partial charge on any atom is -0.426 e. The summed E-state index contributed by atoms with van der Waals surface area (Å²) in [5.41, 5.74) is 0. The Bertz CT molecular complexity index is 536. The van der Waals surface area contributed by atoms with Crippen molar-refractivity contribution >= 4 is 39.3 Å². The topological polar surface area (TPSA) is 26.3 Å². The van der Waals surface area contributed by atoms with Crippen LogP contribution in [0.25, 0.3) is 10.8 Å². The van der Waals surface area contributed by atoms with Gasteiger partial charge in [0.25, 0.3) is 0 Å². The van der Waals surface area contributed by atoms with E-state index in [2.05, 4.69) is 22.6 Å². The smallest absolute Gasteiger partial charge is 0.324 e. The molecule has 0 radical (unpaired) electrons. The van der Waals surface area contributed by atoms with E-state index < -0.39 is 0 Å². The fourth-order valence-corrected chi connectivity index (χ4v) is 1.70. The minimum atomic E-state index is -0.177. The average Bonchev–Trinajstić information content (AvgIpc) is 2.37. The first-order valence-electron chi connectivity index (χ1n) is 5.55. The Labute approximate surface area is 114 Å². The predicted octanol–water partition coefficient (Wildman–Crippen LogP) is 3.96. The summed E-state index contributed by atoms with van der Waals surface area (Å²) in [5, 5.41) is 2.23. The van der Waals surface area contributed by atoms with Gasteiger partial charge in [0.2, 0.25) is 0 Å². The van der Waals surface area contributed by atoms with Crippen LogP contribution in [-0.2, 0) is 4.79 Å². The summed E-state index contributed by atoms with van der Waals surface area (Å²) >= 11 is 2.10. The summed E-state index contributed by atoms with van der Waals surface area (Å²) in [6.45, 7) is 1.97. The number of benzene rings is 2. The standard InChI is InChI=1S/C14H13IO2/c1-2-13(15)14(16)17-12-8-7-10-5-3-4-6-11(10)9-12/h3-9,13H,2H2,1H3. The Balaban J connectivity index is 2.22. The third-order valence-corrected chi connectivity index (χ3v) is 3.94. The number of ether oxygens (including phenoxy) is 1. The molecule has 0 heterocycles. The molecule has 17 heavy (non-hydrogen) atoms. The predicted molar refractivity (Wildman–Crippen MR) is 77.7 cm³/mol. The van der Waals surface area contributed by atoms with Crippen LogP contribution in [0.5, 0.6) is 5.75 Å². The lowest BCUT2D eigenvalue weighted by Crippen LogP contribution is -2.19. The van der Waals surface area contributed by atoms with E-state index >= 15 is 0 Å². The Kier molecular flexibility index (Phi) is 3.99. The van der Waals surface area contributed by atoms with Gasteiger partial charge in [-0.1, -0.05) is 59.8 Å². The van der Waals surface area contributed by atoms with E-state index in [0.717, 1.165) is 17.2 Å². The van der Waals surface area contributed by atoms with Gasteiger partial charge >= 0.3 is 5.97 Å². The number of hydrogen-bond donors (Lipinski definition) is 0. The SMILES string of the molecule is CCC(I)C(=O)Oc1ccc2ccccc2c1. The van der Waals surface area contributed by atoms with Crippen molar-refractivity contribution in [1.29, 1.82) is 0 Å². The number of esters is 1. The molecule has 0 aliphatic heterocycles. The van der Waals surface area contributed by atoms with Crippen LogP contribution < -0.4 is 4.74 Å². The highest BCUT2D eigenvalue weighted by Gasteiger charge is 2.14. The first kappa shape index (κ1) is 12.4. The van der Waals surface area contributed by atoms with Crippen LogP contribution in [0.15, 0.2) is 42.5 Å². The van der Waals surface area contributed by atoms with Gasteiger partial charge in [-0.15, -0.1) is 0 Å². The molecule has 0 aliphatic rings. The molecule has 2 rings (SSSR count). The summed E-state index contributed by atoms with van der Waals surface area (Å²) < 4.78 is 5.24. The van der Waals surface area contributed by atoms with Crippen molar-refractivity contribution in [2.75, 3.05) is 0 Å². The van der Waals surface area contributed by atoms with Crippen molar-refractivity contribution in [2.24, 2.45) is 0 Å². The number of halogens is 1. The van der Waals surface area contributed by atoms with Crippen LogP contribution in [0.2, 0.25) is 0 Å². The zero-order chi connectivity index (χ0) is 12.3. The van der Waals surface area contributed by atoms with Gasteiger partial charge in [0.15, 0.2) is 0 Å². The van der Waals surface area contributed by atoms with Gasteiger partial charge < -0.3 is 4.74 Å². The van der Waals surface area contributed by atoms with Crippen LogP contribution in [0.1, 0.15) is 13.3 Å². The van der Waals surface area contributed by atoms with Gasteiger partial charge in [-0.2, -0.15) is 0 Å². The van der Waals surface area contributed by atoms with E-state index in [-0.39, 0.29) is 9.89 Å². The number of carbonyl (C=O) groups is 1. The van der Waals surface area contributed by atoms with Crippen LogP contribution in [0, 0.1) is 0 Å². The molecule has 0 N–H and O–H groups in total. The van der Waals surface area contributed by atoms with Crippen molar-refractivity contribution in [2.45, 2.75) is 17.3 Å². The third-order valence-electron chi connectivity index (χ3n) is 2.55. The average molecular weight is 340 g/mol. The van der Waals surface area contributed by atoms with Crippen LogP contribution in [0.4, 0.5) is 0 Å². The molecular weight excluding hydrogens is 327 g/mol. The Hall–Kier alpha value is -1.10. The summed E-state index contributed by atoms with van der Waals surface area (Å²) in [5.74, 6) is 0.437. The zero-order valence-corrected chi connectivity index (χ0v) is 11.7. The van der Waals surface area contributed by atoms with Crippen molar-refractivity contribution < 1.29 is 9.53 Å². The fourth-order valence-electron chi connectivity index (χ4n) is 1.58. The van der Waals surface area contributed by atoms with Crippen molar-refractivity contribution in [1.82, 2.24) is 0 Å². The number of carbonyl (C=O) groups excluding carboxylic acids is 1. The zero-order valence-electron chi connectivity index (χ0n) is 9.52. The molecule has 0 aromatic heterocycles. The molecule has 0 saturated heterocycles. The fraction of sp³-hybridized carbons (Fsp3) is 0.214. The monoisotopic (exact) mass is 340 g/mol. The Morgan fingerprint density at radius 3 is 2.65 bits per heavy atom. The lowest BCUT2D eigenvalue weighted by Gasteiger charge is -2.08. The highest BCUT2D eigenvalue weighted by atomic mass is 127. The minimum absolute atomic E-state index is 0.0842. The molecular formula is C14H13IO2.